The van der Waals surface area contributed by atoms with E-state index in [1.165, 1.54) is 0 Å². The fraction of sp³-hybridized carbons (Fsp3) is 0.318. The minimum absolute atomic E-state index is 0.0778. The quantitative estimate of drug-likeness (QED) is 0.498. The van der Waals surface area contributed by atoms with E-state index in [0.717, 1.165) is 16.5 Å². The molecular weight excluding hydrogens is 480 g/mol. The predicted octanol–water partition coefficient (Wildman–Crippen LogP) is 3.74. The van der Waals surface area contributed by atoms with Crippen molar-refractivity contribution in [2.24, 2.45) is 0 Å². The van der Waals surface area contributed by atoms with Crippen LogP contribution in [0.3, 0.4) is 0 Å². The molecule has 9 heteroatoms. The highest BCUT2D eigenvalue weighted by Crippen LogP contribution is 2.39. The molecule has 1 aliphatic rings. The van der Waals surface area contributed by atoms with E-state index in [-0.39, 0.29) is 23.5 Å². The average Bonchev–Trinajstić information content (AvgIpc) is 2.73. The number of benzene rings is 2. The lowest BCUT2D eigenvalue weighted by Gasteiger charge is -2.39. The maximum absolute atomic E-state index is 13.0. The molecule has 0 fully saturated rings. The van der Waals surface area contributed by atoms with Gasteiger partial charge in [-0.2, -0.15) is 0 Å². The number of anilines is 1. The Kier molecular flexibility index (Phi) is 7.20. The fourth-order valence-electron chi connectivity index (χ4n) is 3.51. The van der Waals surface area contributed by atoms with Gasteiger partial charge in [0.1, 0.15) is 0 Å². The van der Waals surface area contributed by atoms with Crippen LogP contribution in [-0.4, -0.2) is 46.5 Å². The molecule has 0 saturated carbocycles. The summed E-state index contributed by atoms with van der Waals surface area (Å²) in [5.41, 5.74) is 2.06. The molecule has 0 spiro atoms. The Labute approximate surface area is 192 Å². The van der Waals surface area contributed by atoms with Crippen molar-refractivity contribution in [1.82, 2.24) is 14.9 Å². The van der Waals surface area contributed by atoms with Crippen LogP contribution in [0.2, 0.25) is 0 Å². The van der Waals surface area contributed by atoms with Crippen molar-refractivity contribution in [1.29, 1.82) is 0 Å². The van der Waals surface area contributed by atoms with Gasteiger partial charge in [0.25, 0.3) is 0 Å². The number of carbonyl (C=O) groups excluding carboxylic acids is 1. The third-order valence-corrected chi connectivity index (χ3v) is 7.58. The summed E-state index contributed by atoms with van der Waals surface area (Å²) in [6.45, 7) is 2.34. The van der Waals surface area contributed by atoms with Gasteiger partial charge < -0.3 is 10.6 Å². The van der Waals surface area contributed by atoms with Crippen molar-refractivity contribution < 1.29 is 13.2 Å². The van der Waals surface area contributed by atoms with Crippen molar-refractivity contribution >= 4 is 43.7 Å². The standard InChI is InChI=1S/C22H27BrN4O3S/c1-22(27(2)3)13-5-6-18-19(22)7-4-8-20(18)31(29,30)25-15-14-24-21(28)26-17-11-9-16(23)10-12-17/h4-12,25H,13-15H2,1-3H3,(H2,24,26,28). The first kappa shape index (κ1) is 23.5. The van der Waals surface area contributed by atoms with Crippen LogP contribution in [0.4, 0.5) is 10.5 Å². The summed E-state index contributed by atoms with van der Waals surface area (Å²) in [5.74, 6) is 0. The number of amides is 2. The van der Waals surface area contributed by atoms with Gasteiger partial charge in [0.15, 0.2) is 0 Å². The molecular formula is C22H27BrN4O3S. The zero-order chi connectivity index (χ0) is 22.6. The highest BCUT2D eigenvalue weighted by atomic mass is 79.9. The fourth-order valence-corrected chi connectivity index (χ4v) is 5.02. The van der Waals surface area contributed by atoms with E-state index in [2.05, 4.69) is 43.1 Å². The van der Waals surface area contributed by atoms with E-state index < -0.39 is 16.1 Å². The van der Waals surface area contributed by atoms with E-state index >= 15 is 0 Å². The third-order valence-electron chi connectivity index (χ3n) is 5.53. The van der Waals surface area contributed by atoms with Gasteiger partial charge in [-0.1, -0.05) is 40.2 Å². The number of hydrogen-bond donors (Lipinski definition) is 3. The molecule has 0 radical (unpaired) electrons. The number of fused-ring (bicyclic) bond motifs is 1. The second kappa shape index (κ2) is 9.52. The van der Waals surface area contributed by atoms with Gasteiger partial charge in [0.2, 0.25) is 10.0 Å². The Morgan fingerprint density at radius 1 is 1.13 bits per heavy atom. The van der Waals surface area contributed by atoms with Crippen molar-refractivity contribution in [3.63, 3.8) is 0 Å². The maximum Gasteiger partial charge on any atom is 0.319 e. The molecule has 166 valence electrons. The summed E-state index contributed by atoms with van der Waals surface area (Å²) in [7, 11) is 0.251. The Bertz CT molecular complexity index is 1080. The molecule has 0 heterocycles. The van der Waals surface area contributed by atoms with Crippen LogP contribution in [0.25, 0.3) is 6.08 Å². The number of nitrogens with zero attached hydrogens (tertiary/aromatic N) is 1. The lowest BCUT2D eigenvalue weighted by Crippen LogP contribution is -2.40. The van der Waals surface area contributed by atoms with Gasteiger partial charge in [-0.05, 0) is 68.9 Å². The van der Waals surface area contributed by atoms with Crippen LogP contribution in [0.15, 0.2) is 57.9 Å². The minimum Gasteiger partial charge on any atom is -0.337 e. The molecule has 0 aliphatic heterocycles. The van der Waals surface area contributed by atoms with Crippen LogP contribution in [0, 0.1) is 0 Å². The first-order valence-corrected chi connectivity index (χ1v) is 12.2. The molecule has 2 aromatic carbocycles. The topological polar surface area (TPSA) is 90.5 Å². The van der Waals surface area contributed by atoms with Gasteiger partial charge in [0, 0.05) is 28.8 Å². The van der Waals surface area contributed by atoms with Gasteiger partial charge in [0.05, 0.1) is 4.90 Å². The average molecular weight is 507 g/mol. The van der Waals surface area contributed by atoms with Gasteiger partial charge >= 0.3 is 6.03 Å². The summed E-state index contributed by atoms with van der Waals surface area (Å²) in [4.78, 5) is 14.3. The summed E-state index contributed by atoms with van der Waals surface area (Å²) in [5, 5.41) is 5.35. The molecule has 0 aromatic heterocycles. The molecule has 31 heavy (non-hydrogen) atoms. The van der Waals surface area contributed by atoms with Crippen molar-refractivity contribution in [3.05, 3.63) is 64.1 Å². The Balaban J connectivity index is 1.63. The van der Waals surface area contributed by atoms with Crippen LogP contribution >= 0.6 is 15.9 Å². The molecule has 7 nitrogen and oxygen atoms in total. The van der Waals surface area contributed by atoms with E-state index in [9.17, 15) is 13.2 Å². The van der Waals surface area contributed by atoms with Crippen molar-refractivity contribution in [2.75, 3.05) is 32.5 Å². The number of carbonyl (C=O) groups is 1. The van der Waals surface area contributed by atoms with E-state index in [0.29, 0.717) is 11.3 Å². The zero-order valence-corrected chi connectivity index (χ0v) is 20.2. The normalized spacial score (nSPS) is 18.0. The summed E-state index contributed by atoms with van der Waals surface area (Å²) < 4.78 is 29.4. The molecule has 0 bridgehead atoms. The Hall–Kier alpha value is -2.20. The van der Waals surface area contributed by atoms with E-state index in [1.807, 2.05) is 44.4 Å². The molecule has 2 amide bonds. The van der Waals surface area contributed by atoms with Crippen LogP contribution in [-0.2, 0) is 15.6 Å². The van der Waals surface area contributed by atoms with Crippen LogP contribution in [0.1, 0.15) is 24.5 Å². The van der Waals surface area contributed by atoms with Crippen LogP contribution < -0.4 is 15.4 Å². The highest BCUT2D eigenvalue weighted by molar-refractivity contribution is 9.10. The van der Waals surface area contributed by atoms with Gasteiger partial charge in [-0.15, -0.1) is 0 Å². The second-order valence-corrected chi connectivity index (χ2v) is 10.4. The Morgan fingerprint density at radius 2 is 1.84 bits per heavy atom. The summed E-state index contributed by atoms with van der Waals surface area (Å²) >= 11 is 3.34. The lowest BCUT2D eigenvalue weighted by molar-refractivity contribution is 0.175. The van der Waals surface area contributed by atoms with Crippen molar-refractivity contribution in [3.8, 4) is 0 Å². The molecule has 2 aromatic rings. The van der Waals surface area contributed by atoms with E-state index in [4.69, 9.17) is 0 Å². The monoisotopic (exact) mass is 506 g/mol. The third kappa shape index (κ3) is 5.35. The predicted molar refractivity (Wildman–Crippen MR) is 127 cm³/mol. The van der Waals surface area contributed by atoms with Crippen molar-refractivity contribution in [2.45, 2.75) is 23.8 Å². The largest absolute Gasteiger partial charge is 0.337 e. The molecule has 1 unspecified atom stereocenters. The number of nitrogens with one attached hydrogen (secondary N) is 3. The molecule has 1 aliphatic carbocycles. The molecule has 3 rings (SSSR count). The molecule has 3 N–H and O–H groups in total. The Morgan fingerprint density at radius 3 is 2.52 bits per heavy atom. The van der Waals surface area contributed by atoms with Crippen LogP contribution in [0.5, 0.6) is 0 Å². The summed E-state index contributed by atoms with van der Waals surface area (Å²) in [6.07, 6.45) is 4.69. The number of sulfonamides is 1. The first-order chi connectivity index (χ1) is 14.6. The highest BCUT2D eigenvalue weighted by Gasteiger charge is 2.34. The summed E-state index contributed by atoms with van der Waals surface area (Å²) in [6, 6.07) is 12.1. The van der Waals surface area contributed by atoms with Gasteiger partial charge in [-0.25, -0.2) is 17.9 Å². The van der Waals surface area contributed by atoms with E-state index in [1.54, 1.807) is 24.3 Å². The van der Waals surface area contributed by atoms with Gasteiger partial charge in [-0.3, -0.25) is 4.90 Å². The number of halogens is 1. The maximum atomic E-state index is 13.0. The minimum atomic E-state index is -3.74. The lowest BCUT2D eigenvalue weighted by atomic mass is 9.80. The second-order valence-electron chi connectivity index (χ2n) is 7.78. The zero-order valence-electron chi connectivity index (χ0n) is 17.8. The SMILES string of the molecule is CN(C)C1(C)CC=Cc2c1cccc2S(=O)(=O)NCCNC(=O)Nc1ccc(Br)cc1. The first-order valence-electron chi connectivity index (χ1n) is 9.91. The number of rotatable bonds is 7. The smallest absolute Gasteiger partial charge is 0.319 e. The molecule has 1 atom stereocenters. The number of hydrogen-bond acceptors (Lipinski definition) is 4. The molecule has 0 saturated heterocycles. The number of urea groups is 1.